The van der Waals surface area contributed by atoms with Crippen molar-refractivity contribution in [2.24, 2.45) is 0 Å². The minimum absolute atomic E-state index is 0.0387. The zero-order valence-electron chi connectivity index (χ0n) is 20.0. The van der Waals surface area contributed by atoms with Crippen molar-refractivity contribution < 1.29 is 14.3 Å². The van der Waals surface area contributed by atoms with E-state index in [4.69, 9.17) is 17.0 Å². The van der Waals surface area contributed by atoms with Gasteiger partial charge in [-0.3, -0.25) is 14.5 Å². The molecule has 0 atom stereocenters. The number of nitrogens with zero attached hydrogens (tertiary/aromatic N) is 3. The Hall–Kier alpha value is -2.84. The molecular formula is C27H31N3O3S2. The number of hydrogen-bond acceptors (Lipinski definition) is 6. The summed E-state index contributed by atoms with van der Waals surface area (Å²) in [6.07, 6.45) is 4.98. The predicted octanol–water partition coefficient (Wildman–Crippen LogP) is 4.81. The molecule has 0 radical (unpaired) electrons. The normalized spacial score (nSPS) is 17.4. The lowest BCUT2D eigenvalue weighted by atomic mass is 10.1. The predicted molar refractivity (Wildman–Crippen MR) is 147 cm³/mol. The smallest absolute Gasteiger partial charge is 0.266 e. The van der Waals surface area contributed by atoms with Crippen LogP contribution in [0.15, 0.2) is 59.5 Å². The van der Waals surface area contributed by atoms with Gasteiger partial charge in [0.2, 0.25) is 5.91 Å². The monoisotopic (exact) mass is 509 g/mol. The summed E-state index contributed by atoms with van der Waals surface area (Å²) in [4.78, 5) is 32.1. The average Bonchev–Trinajstić information content (AvgIpc) is 3.16. The maximum Gasteiger partial charge on any atom is 0.266 e. The number of carbonyl (C=O) groups is 2. The van der Waals surface area contributed by atoms with Crippen molar-refractivity contribution in [3.63, 3.8) is 0 Å². The highest BCUT2D eigenvalue weighted by atomic mass is 32.2. The topological polar surface area (TPSA) is 53.1 Å². The summed E-state index contributed by atoms with van der Waals surface area (Å²) in [7, 11) is 1.63. The second-order valence-corrected chi connectivity index (χ2v) is 10.3. The maximum atomic E-state index is 12.8. The van der Waals surface area contributed by atoms with Crippen molar-refractivity contribution in [2.45, 2.75) is 25.7 Å². The van der Waals surface area contributed by atoms with Crippen molar-refractivity contribution in [1.82, 2.24) is 9.80 Å². The van der Waals surface area contributed by atoms with Crippen LogP contribution in [0.2, 0.25) is 0 Å². The molecule has 2 aromatic carbocycles. The van der Waals surface area contributed by atoms with Crippen LogP contribution in [-0.4, -0.2) is 65.8 Å². The molecule has 0 saturated carbocycles. The number of thioether (sulfide) groups is 1. The molecule has 8 heteroatoms. The molecule has 2 aliphatic heterocycles. The summed E-state index contributed by atoms with van der Waals surface area (Å²) in [6, 6.07) is 17.9. The minimum atomic E-state index is -0.0387. The quantitative estimate of drug-likeness (QED) is 0.275. The van der Waals surface area contributed by atoms with Crippen LogP contribution >= 0.6 is 24.0 Å². The second kappa shape index (κ2) is 12.2. The van der Waals surface area contributed by atoms with Crippen molar-refractivity contribution in [3.05, 3.63) is 65.1 Å². The molecule has 0 spiro atoms. The molecule has 4 rings (SSSR count). The van der Waals surface area contributed by atoms with E-state index in [0.717, 1.165) is 56.8 Å². The molecule has 2 amide bonds. The Labute approximate surface area is 216 Å². The van der Waals surface area contributed by atoms with E-state index in [1.54, 1.807) is 12.0 Å². The van der Waals surface area contributed by atoms with E-state index in [0.29, 0.717) is 22.2 Å². The number of unbranched alkanes of at least 4 members (excludes halogenated alkanes) is 2. The number of ether oxygens (including phenoxy) is 1. The molecule has 2 aromatic rings. The molecule has 2 aliphatic rings. The SMILES string of the molecule is COc1ccc(/C=C2\SC(=S)N(CCCCCC(=O)N3CCN(c4ccccc4)CC3)C2=O)cc1. The Morgan fingerprint density at radius 3 is 2.40 bits per heavy atom. The van der Waals surface area contributed by atoms with Gasteiger partial charge in [-0.1, -0.05) is 60.7 Å². The van der Waals surface area contributed by atoms with Crippen LogP contribution in [0.5, 0.6) is 5.75 Å². The first kappa shape index (κ1) is 25.3. The van der Waals surface area contributed by atoms with Crippen LogP contribution in [0.3, 0.4) is 0 Å². The molecule has 0 aliphatic carbocycles. The van der Waals surface area contributed by atoms with Crippen LogP contribution in [0.25, 0.3) is 6.08 Å². The summed E-state index contributed by atoms with van der Waals surface area (Å²) >= 11 is 6.79. The number of hydrogen-bond donors (Lipinski definition) is 0. The fraction of sp³-hybridized carbons (Fsp3) is 0.370. The Morgan fingerprint density at radius 1 is 1.00 bits per heavy atom. The standard InChI is InChI=1S/C27H31N3O3S2/c1-33-23-13-11-21(12-14-23)20-24-26(32)30(27(34)35-24)15-7-3-6-10-25(31)29-18-16-28(17-19-29)22-8-4-2-5-9-22/h2,4-5,8-9,11-14,20H,3,6-7,10,15-19H2,1H3/b24-20-. The summed E-state index contributed by atoms with van der Waals surface area (Å²) in [6.45, 7) is 3.87. The van der Waals surface area contributed by atoms with E-state index in [1.807, 2.05) is 53.4 Å². The molecule has 0 N–H and O–H groups in total. The average molecular weight is 510 g/mol. The number of para-hydroxylation sites is 1. The lowest BCUT2D eigenvalue weighted by Crippen LogP contribution is -2.48. The molecule has 184 valence electrons. The van der Waals surface area contributed by atoms with E-state index in [-0.39, 0.29) is 11.8 Å². The van der Waals surface area contributed by atoms with Crippen LogP contribution in [0.1, 0.15) is 31.2 Å². The van der Waals surface area contributed by atoms with Gasteiger partial charge in [-0.25, -0.2) is 0 Å². The third kappa shape index (κ3) is 6.64. The van der Waals surface area contributed by atoms with Gasteiger partial charge >= 0.3 is 0 Å². The first-order valence-corrected chi connectivity index (χ1v) is 13.2. The number of benzene rings is 2. The Bertz CT molecular complexity index is 1060. The first-order valence-electron chi connectivity index (χ1n) is 12.0. The van der Waals surface area contributed by atoms with Gasteiger partial charge in [-0.2, -0.15) is 0 Å². The number of methoxy groups -OCH3 is 1. The van der Waals surface area contributed by atoms with Crippen molar-refractivity contribution >= 4 is 51.9 Å². The molecule has 2 fully saturated rings. The highest BCUT2D eigenvalue weighted by Gasteiger charge is 2.31. The van der Waals surface area contributed by atoms with Crippen molar-refractivity contribution in [1.29, 1.82) is 0 Å². The fourth-order valence-electron chi connectivity index (χ4n) is 4.28. The van der Waals surface area contributed by atoms with Crippen molar-refractivity contribution in [2.75, 3.05) is 44.7 Å². The Balaban J connectivity index is 1.16. The van der Waals surface area contributed by atoms with Gasteiger partial charge in [0.25, 0.3) is 5.91 Å². The molecule has 0 aromatic heterocycles. The van der Waals surface area contributed by atoms with Crippen LogP contribution in [-0.2, 0) is 9.59 Å². The Kier molecular flexibility index (Phi) is 8.82. The van der Waals surface area contributed by atoms with Gasteiger partial charge in [0.1, 0.15) is 10.1 Å². The minimum Gasteiger partial charge on any atom is -0.497 e. The number of carbonyl (C=O) groups excluding carboxylic acids is 2. The van der Waals surface area contributed by atoms with E-state index in [1.165, 1.54) is 17.4 Å². The molecule has 0 bridgehead atoms. The Morgan fingerprint density at radius 2 is 1.71 bits per heavy atom. The van der Waals surface area contributed by atoms with Crippen LogP contribution in [0, 0.1) is 0 Å². The number of thiocarbonyl (C=S) groups is 1. The number of rotatable bonds is 9. The summed E-state index contributed by atoms with van der Waals surface area (Å²) < 4.78 is 5.78. The van der Waals surface area contributed by atoms with Gasteiger partial charge in [-0.05, 0) is 48.7 Å². The van der Waals surface area contributed by atoms with Gasteiger partial charge in [0.15, 0.2) is 0 Å². The van der Waals surface area contributed by atoms with Gasteiger partial charge < -0.3 is 14.5 Å². The molecule has 2 saturated heterocycles. The molecule has 2 heterocycles. The van der Waals surface area contributed by atoms with Gasteiger partial charge in [-0.15, -0.1) is 0 Å². The molecule has 6 nitrogen and oxygen atoms in total. The van der Waals surface area contributed by atoms with E-state index in [2.05, 4.69) is 17.0 Å². The number of piperazine rings is 1. The zero-order chi connectivity index (χ0) is 24.6. The lowest BCUT2D eigenvalue weighted by Gasteiger charge is -2.36. The third-order valence-electron chi connectivity index (χ3n) is 6.31. The highest BCUT2D eigenvalue weighted by molar-refractivity contribution is 8.26. The summed E-state index contributed by atoms with van der Waals surface area (Å²) in [5.74, 6) is 0.969. The maximum absolute atomic E-state index is 12.8. The van der Waals surface area contributed by atoms with Crippen LogP contribution < -0.4 is 9.64 Å². The number of amides is 2. The first-order chi connectivity index (χ1) is 17.0. The second-order valence-electron chi connectivity index (χ2n) is 8.62. The van der Waals surface area contributed by atoms with E-state index < -0.39 is 0 Å². The van der Waals surface area contributed by atoms with Gasteiger partial charge in [0.05, 0.1) is 12.0 Å². The van der Waals surface area contributed by atoms with Crippen molar-refractivity contribution in [3.8, 4) is 5.75 Å². The molecule has 35 heavy (non-hydrogen) atoms. The zero-order valence-corrected chi connectivity index (χ0v) is 21.7. The number of anilines is 1. The lowest BCUT2D eigenvalue weighted by molar-refractivity contribution is -0.131. The summed E-state index contributed by atoms with van der Waals surface area (Å²) in [5.41, 5.74) is 2.16. The van der Waals surface area contributed by atoms with Crippen LogP contribution in [0.4, 0.5) is 5.69 Å². The fourth-order valence-corrected chi connectivity index (χ4v) is 5.59. The van der Waals surface area contributed by atoms with Gasteiger partial charge in [0, 0.05) is 44.8 Å². The third-order valence-corrected chi connectivity index (χ3v) is 7.69. The highest BCUT2D eigenvalue weighted by Crippen LogP contribution is 2.33. The molecular weight excluding hydrogens is 478 g/mol. The van der Waals surface area contributed by atoms with E-state index >= 15 is 0 Å². The molecule has 0 unspecified atom stereocenters. The largest absolute Gasteiger partial charge is 0.497 e. The summed E-state index contributed by atoms with van der Waals surface area (Å²) in [5, 5.41) is 0. The van der Waals surface area contributed by atoms with E-state index in [9.17, 15) is 9.59 Å².